The van der Waals surface area contributed by atoms with E-state index in [0.717, 1.165) is 49.7 Å². The van der Waals surface area contributed by atoms with E-state index in [1.807, 2.05) is 18.5 Å². The van der Waals surface area contributed by atoms with Gasteiger partial charge in [-0.3, -0.25) is 4.90 Å². The first-order chi connectivity index (χ1) is 12.6. The molecule has 1 aliphatic heterocycles. The zero-order chi connectivity index (χ0) is 18.1. The lowest BCUT2D eigenvalue weighted by Crippen LogP contribution is -2.36. The van der Waals surface area contributed by atoms with Crippen molar-refractivity contribution in [2.75, 3.05) is 13.1 Å². The molecule has 1 saturated heterocycles. The van der Waals surface area contributed by atoms with E-state index in [4.69, 9.17) is 0 Å². The number of aryl methyl sites for hydroxylation is 2. The van der Waals surface area contributed by atoms with Crippen molar-refractivity contribution >= 4 is 12.4 Å². The molecule has 6 heteroatoms. The summed E-state index contributed by atoms with van der Waals surface area (Å²) < 4.78 is 16.0. The Labute approximate surface area is 167 Å². The van der Waals surface area contributed by atoms with E-state index in [0.29, 0.717) is 11.5 Å². The van der Waals surface area contributed by atoms with Gasteiger partial charge in [-0.25, -0.2) is 9.37 Å². The van der Waals surface area contributed by atoms with Crippen molar-refractivity contribution in [2.24, 2.45) is 5.41 Å². The predicted molar refractivity (Wildman–Crippen MR) is 108 cm³/mol. The van der Waals surface area contributed by atoms with E-state index in [-0.39, 0.29) is 18.2 Å². The van der Waals surface area contributed by atoms with Crippen LogP contribution in [0.25, 0.3) is 0 Å². The van der Waals surface area contributed by atoms with Crippen LogP contribution in [0.1, 0.15) is 43.1 Å². The van der Waals surface area contributed by atoms with Crippen LogP contribution in [0.4, 0.5) is 4.39 Å². The number of aromatic nitrogens is 2. The average molecular weight is 393 g/mol. The summed E-state index contributed by atoms with van der Waals surface area (Å²) in [5.41, 5.74) is 2.71. The number of nitrogens with zero attached hydrogens (tertiary/aromatic N) is 3. The van der Waals surface area contributed by atoms with Gasteiger partial charge in [-0.05, 0) is 74.9 Å². The second-order valence-corrected chi connectivity index (χ2v) is 7.94. The Bertz CT molecular complexity index is 769. The molecular weight excluding hydrogens is 363 g/mol. The SMILES string of the molecule is CCn1ccnc1CN(Cc1cc(F)ccc1C)C1CC12CCNCC2.Cl. The average Bonchev–Trinajstić information content (AvgIpc) is 3.13. The number of nitrogens with one attached hydrogen (secondary N) is 1. The first kappa shape index (κ1) is 20.3. The maximum atomic E-state index is 13.8. The molecule has 4 rings (SSSR count). The molecule has 1 unspecified atom stereocenters. The van der Waals surface area contributed by atoms with Gasteiger partial charge in [0.05, 0.1) is 6.54 Å². The number of hydrogen-bond acceptors (Lipinski definition) is 3. The Morgan fingerprint density at radius 3 is 2.81 bits per heavy atom. The van der Waals surface area contributed by atoms with Crippen LogP contribution in [0.5, 0.6) is 0 Å². The van der Waals surface area contributed by atoms with Gasteiger partial charge in [-0.15, -0.1) is 12.4 Å². The summed E-state index contributed by atoms with van der Waals surface area (Å²) in [6.07, 6.45) is 7.69. The maximum absolute atomic E-state index is 13.8. The highest BCUT2D eigenvalue weighted by molar-refractivity contribution is 5.85. The van der Waals surface area contributed by atoms with Crippen molar-refractivity contribution in [2.45, 2.75) is 58.8 Å². The molecule has 0 bridgehead atoms. The van der Waals surface area contributed by atoms with Gasteiger partial charge in [-0.2, -0.15) is 0 Å². The van der Waals surface area contributed by atoms with Crippen LogP contribution in [-0.4, -0.2) is 33.6 Å². The van der Waals surface area contributed by atoms with E-state index < -0.39 is 0 Å². The van der Waals surface area contributed by atoms with Gasteiger partial charge >= 0.3 is 0 Å². The molecule has 1 N–H and O–H groups in total. The molecule has 0 amide bonds. The predicted octanol–water partition coefficient (Wildman–Crippen LogP) is 3.92. The lowest BCUT2D eigenvalue weighted by atomic mass is 9.93. The Hall–Kier alpha value is -1.43. The van der Waals surface area contributed by atoms with Crippen LogP contribution < -0.4 is 5.32 Å². The molecule has 1 saturated carbocycles. The quantitative estimate of drug-likeness (QED) is 0.808. The minimum absolute atomic E-state index is 0. The summed E-state index contributed by atoms with van der Waals surface area (Å²) in [5.74, 6) is 0.963. The van der Waals surface area contributed by atoms with Gasteiger partial charge in [0.1, 0.15) is 11.6 Å². The molecule has 4 nitrogen and oxygen atoms in total. The highest BCUT2D eigenvalue weighted by Crippen LogP contribution is 2.56. The third-order valence-electron chi connectivity index (χ3n) is 6.36. The summed E-state index contributed by atoms with van der Waals surface area (Å²) in [6.45, 7) is 9.02. The van der Waals surface area contributed by atoms with Crippen LogP contribution in [0.15, 0.2) is 30.6 Å². The van der Waals surface area contributed by atoms with E-state index in [9.17, 15) is 4.39 Å². The number of hydrogen-bond donors (Lipinski definition) is 1. The van der Waals surface area contributed by atoms with E-state index in [1.54, 1.807) is 12.1 Å². The highest BCUT2D eigenvalue weighted by Gasteiger charge is 2.56. The molecule has 1 aliphatic carbocycles. The van der Waals surface area contributed by atoms with Gasteiger partial charge in [0.15, 0.2) is 0 Å². The highest BCUT2D eigenvalue weighted by atomic mass is 35.5. The molecule has 0 radical (unpaired) electrons. The normalized spacial score (nSPS) is 20.7. The van der Waals surface area contributed by atoms with Crippen molar-refractivity contribution in [3.63, 3.8) is 0 Å². The van der Waals surface area contributed by atoms with Crippen LogP contribution in [0, 0.1) is 18.2 Å². The van der Waals surface area contributed by atoms with Gasteiger partial charge in [-0.1, -0.05) is 6.07 Å². The van der Waals surface area contributed by atoms with Crippen LogP contribution in [-0.2, 0) is 19.6 Å². The van der Waals surface area contributed by atoms with Gasteiger partial charge in [0, 0.05) is 31.5 Å². The van der Waals surface area contributed by atoms with E-state index >= 15 is 0 Å². The molecule has 2 aromatic rings. The van der Waals surface area contributed by atoms with Gasteiger partial charge < -0.3 is 9.88 Å². The Morgan fingerprint density at radius 2 is 2.07 bits per heavy atom. The fraction of sp³-hybridized carbons (Fsp3) is 0.571. The smallest absolute Gasteiger partial charge is 0.123 e. The third kappa shape index (κ3) is 4.20. The topological polar surface area (TPSA) is 33.1 Å². The van der Waals surface area contributed by atoms with Crippen molar-refractivity contribution in [3.05, 3.63) is 53.4 Å². The Morgan fingerprint density at radius 1 is 1.30 bits per heavy atom. The first-order valence-corrected chi connectivity index (χ1v) is 9.81. The van der Waals surface area contributed by atoms with Crippen molar-refractivity contribution in [1.82, 2.24) is 19.8 Å². The maximum Gasteiger partial charge on any atom is 0.123 e. The summed E-state index contributed by atoms with van der Waals surface area (Å²) in [5, 5.41) is 3.49. The van der Waals surface area contributed by atoms with Crippen molar-refractivity contribution < 1.29 is 4.39 Å². The number of rotatable bonds is 6. The third-order valence-corrected chi connectivity index (χ3v) is 6.36. The number of benzene rings is 1. The lowest BCUT2D eigenvalue weighted by molar-refractivity contribution is 0.182. The monoisotopic (exact) mass is 392 g/mol. The molecule has 27 heavy (non-hydrogen) atoms. The zero-order valence-electron chi connectivity index (χ0n) is 16.2. The lowest BCUT2D eigenvalue weighted by Gasteiger charge is -2.30. The van der Waals surface area contributed by atoms with Gasteiger partial charge in [0.2, 0.25) is 0 Å². The molecule has 148 valence electrons. The van der Waals surface area contributed by atoms with Crippen LogP contribution in [0.2, 0.25) is 0 Å². The molecule has 2 fully saturated rings. The zero-order valence-corrected chi connectivity index (χ0v) is 17.1. The molecule has 2 aliphatic rings. The Kier molecular flexibility index (Phi) is 6.24. The second-order valence-electron chi connectivity index (χ2n) is 7.94. The van der Waals surface area contributed by atoms with Gasteiger partial charge in [0.25, 0.3) is 0 Å². The molecule has 1 aromatic heterocycles. The summed E-state index contributed by atoms with van der Waals surface area (Å²) in [7, 11) is 0. The Balaban J connectivity index is 0.00000210. The number of piperidine rings is 1. The molecule has 2 heterocycles. The van der Waals surface area contributed by atoms with Crippen molar-refractivity contribution in [1.29, 1.82) is 0 Å². The molecular formula is C21H30ClFN4. The first-order valence-electron chi connectivity index (χ1n) is 9.81. The number of imidazole rings is 1. The van der Waals surface area contributed by atoms with Crippen molar-refractivity contribution in [3.8, 4) is 0 Å². The summed E-state index contributed by atoms with van der Waals surface area (Å²) >= 11 is 0. The summed E-state index contributed by atoms with van der Waals surface area (Å²) in [4.78, 5) is 7.13. The van der Waals surface area contributed by atoms with Crippen LogP contribution >= 0.6 is 12.4 Å². The van der Waals surface area contributed by atoms with Crippen LogP contribution in [0.3, 0.4) is 0 Å². The minimum atomic E-state index is -0.145. The molecule has 1 aromatic carbocycles. The largest absolute Gasteiger partial charge is 0.334 e. The second kappa shape index (κ2) is 8.29. The van der Waals surface area contributed by atoms with E-state index in [1.165, 1.54) is 19.3 Å². The fourth-order valence-corrected chi connectivity index (χ4v) is 4.57. The molecule has 1 atom stereocenters. The fourth-order valence-electron chi connectivity index (χ4n) is 4.57. The van der Waals surface area contributed by atoms with E-state index in [2.05, 4.69) is 33.6 Å². The molecule has 1 spiro atoms. The summed E-state index contributed by atoms with van der Waals surface area (Å²) in [6, 6.07) is 5.72. The standard InChI is InChI=1S/C21H29FN4.ClH/c1-3-25-11-10-24-20(25)15-26(14-17-12-18(22)5-4-16(17)2)19-13-21(19)6-8-23-9-7-21;/h4-5,10-12,19,23H,3,6-9,13-15H2,1-2H3;1H. The minimum Gasteiger partial charge on any atom is -0.334 e. The number of halogens is 2.